The van der Waals surface area contributed by atoms with E-state index in [-0.39, 0.29) is 113 Å². The third-order valence-corrected chi connectivity index (χ3v) is 36.5. The number of alkyl halides is 1. The molecule has 8 aromatic rings. The molecule has 3 aromatic heterocycles. The molecule has 10 aliphatic rings. The highest BCUT2D eigenvalue weighted by Gasteiger charge is 2.56. The van der Waals surface area contributed by atoms with Crippen molar-refractivity contribution < 1.29 is 80.9 Å². The van der Waals surface area contributed by atoms with Crippen molar-refractivity contribution in [3.63, 3.8) is 0 Å². The van der Waals surface area contributed by atoms with Gasteiger partial charge in [0, 0.05) is 129 Å². The van der Waals surface area contributed by atoms with Gasteiger partial charge < -0.3 is 64.6 Å². The van der Waals surface area contributed by atoms with E-state index >= 15 is 0 Å². The predicted octanol–water partition coefficient (Wildman–Crippen LogP) is 24.0. The van der Waals surface area contributed by atoms with E-state index in [0.29, 0.717) is 104 Å². The van der Waals surface area contributed by atoms with Crippen LogP contribution in [0.4, 0.5) is 14.4 Å². The first-order chi connectivity index (χ1) is 71.2. The van der Waals surface area contributed by atoms with Crippen molar-refractivity contribution in [2.24, 2.45) is 16.6 Å². The number of ether oxygens (including phenoxy) is 6. The fourth-order valence-corrected chi connectivity index (χ4v) is 25.6. The average molecular weight is 2170 g/mol. The van der Waals surface area contributed by atoms with Crippen molar-refractivity contribution in [2.45, 2.75) is 272 Å². The Hall–Kier alpha value is -9.79. The minimum Gasteiger partial charge on any atom is -0.476 e. The van der Waals surface area contributed by atoms with Gasteiger partial charge in [-0.2, -0.15) is 14.3 Å². The Morgan fingerprint density at radius 2 is 0.797 bits per heavy atom. The van der Waals surface area contributed by atoms with Crippen LogP contribution in [0.5, 0.6) is 0 Å². The highest BCUT2D eigenvalue weighted by molar-refractivity contribution is 8.82. The molecule has 0 bridgehead atoms. The molecule has 3 amide bonds. The summed E-state index contributed by atoms with van der Waals surface area (Å²) >= 11 is 23.5. The van der Waals surface area contributed by atoms with Gasteiger partial charge in [-0.1, -0.05) is 234 Å². The Labute approximate surface area is 905 Å². The van der Waals surface area contributed by atoms with Crippen LogP contribution in [0.1, 0.15) is 288 Å². The fraction of sp³-hybridized carbons (Fsp3) is 0.513. The quantitative estimate of drug-likeness (QED) is 0.00302. The van der Waals surface area contributed by atoms with Crippen LogP contribution < -0.4 is 16.4 Å². The smallest absolute Gasteiger partial charge is 0.410 e. The second-order valence-corrected chi connectivity index (χ2v) is 49.7. The molecule has 796 valence electrons. The number of rotatable bonds is 42. The number of ketones is 1. The van der Waals surface area contributed by atoms with Crippen LogP contribution in [0.3, 0.4) is 0 Å². The Balaban J connectivity index is 0.000000158. The molecule has 5 aromatic carbocycles. The number of amides is 3. The number of nitrogens with one attached hydrogen (secondary N) is 2. The number of carbonyl (C=O) groups excluding carboxylic acids is 7. The second-order valence-electron chi connectivity index (χ2n) is 39.6. The van der Waals surface area contributed by atoms with E-state index < -0.39 is 23.4 Å². The zero-order chi connectivity index (χ0) is 107. The van der Waals surface area contributed by atoms with E-state index in [1.807, 2.05) is 106 Å². The number of esters is 3. The molecule has 0 radical (unpaired) electrons. The van der Waals surface area contributed by atoms with E-state index in [9.17, 15) is 48.7 Å². The molecule has 0 aliphatic heterocycles. The molecule has 10 aliphatic carbocycles. The van der Waals surface area contributed by atoms with Gasteiger partial charge in [0.2, 0.25) is 0 Å². The van der Waals surface area contributed by atoms with Gasteiger partial charge in [0.1, 0.15) is 34.8 Å². The molecular weight excluding hydrogens is 2030 g/mol. The monoisotopic (exact) mass is 2170 g/mol. The largest absolute Gasteiger partial charge is 0.476 e. The first kappa shape index (κ1) is 117. The maximum absolute atomic E-state index is 13.0. The number of nitrogens with zero attached hydrogens (tertiary/aromatic N) is 7. The van der Waals surface area contributed by atoms with E-state index in [2.05, 4.69) is 168 Å². The summed E-state index contributed by atoms with van der Waals surface area (Å²) in [5.41, 5.74) is 13.0. The normalized spacial score (nSPS) is 21.6. The highest BCUT2D eigenvalue weighted by atomic mass is 35.5. The number of halogens is 1. The van der Waals surface area contributed by atoms with Crippen LogP contribution >= 0.6 is 88.4 Å². The second kappa shape index (κ2) is 55.0. The Kier molecular flexibility index (Phi) is 43.4. The van der Waals surface area contributed by atoms with Crippen LogP contribution in [0.2, 0.25) is 0 Å². The lowest BCUT2D eigenvalue weighted by Crippen LogP contribution is -2.52. The molecular formula is C113H145ClN10O17PS6+. The van der Waals surface area contributed by atoms with Crippen LogP contribution in [0, 0.1) is 42.9 Å². The van der Waals surface area contributed by atoms with Crippen molar-refractivity contribution in [3.8, 4) is 6.07 Å². The lowest BCUT2D eigenvalue weighted by atomic mass is 9.68. The van der Waals surface area contributed by atoms with Crippen molar-refractivity contribution in [3.05, 3.63) is 264 Å². The first-order valence-corrected chi connectivity index (χ1v) is 58.9. The number of carbonyl (C=O) groups is 8. The van der Waals surface area contributed by atoms with Crippen LogP contribution in [-0.4, -0.2) is 209 Å². The van der Waals surface area contributed by atoms with Gasteiger partial charge in [-0.3, -0.25) is 4.79 Å². The zero-order valence-corrected chi connectivity index (χ0v) is 93.2. The Bertz CT molecular complexity index is 5810. The fourth-order valence-electron chi connectivity index (χ4n) is 19.7. The molecule has 0 saturated heterocycles. The van der Waals surface area contributed by atoms with Crippen molar-refractivity contribution in [1.82, 2.24) is 40.3 Å². The predicted molar refractivity (Wildman–Crippen MR) is 595 cm³/mol. The van der Waals surface area contributed by atoms with Gasteiger partial charge in [-0.25, -0.2) is 48.5 Å². The van der Waals surface area contributed by atoms with Crippen molar-refractivity contribution in [2.75, 3.05) is 85.6 Å². The number of thiocarbonyl (C=S) groups is 1. The number of nitriles is 1. The first-order valence-electron chi connectivity index (χ1n) is 51.7. The zero-order valence-electron chi connectivity index (χ0n) is 86.5. The van der Waals surface area contributed by atoms with E-state index in [0.717, 1.165) is 145 Å². The SMILES string of the molecule is C=CCOC(=O)N(CC1(C#N)CCC1)[C@H]1CC1c1ccccc1.C=CCOC(=O)N(CC1(C(N)=S)CCC1)[C@H]1CC1c1ccccc1.C=CCOC(=O)N(CC1(c2nc(C(=O)OCC)c(C)s2)CCC1)[C@H]1CC1c1ccccc1.CCOC(=O)C(Cl)C(C)=O.CCOC(=O)c1nc(C2(CN[C@H]3CC3c3ccccc3)CCC2)sc1C.CCO[P+](S)(S)OCC.Cc1sc(C2(CN[C@H]3CC3c3ccccc3)CCC2)nc1C(=O)O. The molecule has 35 heteroatoms. The van der Waals surface area contributed by atoms with E-state index in [1.165, 1.54) is 60.4 Å². The molecule has 3 heterocycles. The number of Topliss-reactive ketones (excluding diaryl/α,β-unsaturated/α-hetero) is 1. The molecule has 0 spiro atoms. The Morgan fingerprint density at radius 1 is 0.480 bits per heavy atom. The summed E-state index contributed by atoms with van der Waals surface area (Å²) in [6.07, 6.45) is 22.7. The van der Waals surface area contributed by atoms with Crippen LogP contribution in [0.15, 0.2) is 190 Å². The number of hydrogen-bond acceptors (Lipinski definition) is 28. The summed E-state index contributed by atoms with van der Waals surface area (Å²) in [6.45, 7) is 33.1. The third-order valence-electron chi connectivity index (χ3n) is 29.3. The standard InChI is InChI=1S/C25H30N2O4S.C21H26N2O2S.C19H22N2O2S.C19H24N2O2S.C19H22N2O2.C6H9ClO3.C4H12O2PS2/c1-4-14-31-24(29)27(20-15-19(20)18-10-7-6-8-11-18)16-25(12-9-13-25)23-26-21(17(3)32-23)22(28)30-5-2;1-3-25-19(24)18-14(2)26-20(23-18)21(10-7-11-21)13-22-17-12-16(17)15-8-5-4-6-9-15;1-12-16(17(22)23)21-18(24-12)19(8-5-9-19)11-20-15-10-14(15)13-6-3-2-4-7-13;1-2-11-23-18(22)21(13-19(17(20)24)9-6-10-19)16-12-15(16)14-7-4-3-5-8-14;1-2-11-23-18(22)21(14-19(13-20)9-6-10-19)17-12-16(17)15-7-4-3-5-8-15;1-3-10-6(9)5(7)4(2)8;1-3-5-7(8,9)6-4-2/h4,6-8,10-11,19-20H,1,5,9,12-16H2,2-3H3;4-6,8-9,16-17,22H,3,7,10-13H2,1-2H3;2-4,6-7,14-15,20H,5,8-11H2,1H3,(H,22,23);2-5,7-8,15-16H,1,6,9-13H2,(H2,20,24);2-5,7-8,16-17H,1,6,9-12,14H2;5H,3H2,1-2H3;8-9H,3-4H2,1-2H3/q;;;;;;+1/t19?,20-;16?,17-;14?,15-;15?,16-;16?,17-;;/m00000../s1. The molecule has 18 rings (SSSR count). The maximum atomic E-state index is 13.0. The van der Waals surface area contributed by atoms with E-state index in [4.69, 9.17) is 72.3 Å². The van der Waals surface area contributed by atoms with Gasteiger partial charge in [-0.05, 0) is 186 Å². The summed E-state index contributed by atoms with van der Waals surface area (Å²) in [6, 6.07) is 56.2. The maximum Gasteiger partial charge on any atom is 0.410 e. The van der Waals surface area contributed by atoms with Crippen LogP contribution in [0.25, 0.3) is 0 Å². The minimum absolute atomic E-state index is 0.0486. The number of hydrogen-bond donors (Lipinski definition) is 6. The molecule has 10 saturated carbocycles. The van der Waals surface area contributed by atoms with Gasteiger partial charge >= 0.3 is 48.3 Å². The highest BCUT2D eigenvalue weighted by Crippen LogP contribution is 2.70. The minimum atomic E-state index is -2.05. The number of benzene rings is 5. The topological polar surface area (TPSA) is 353 Å². The number of carboxylic acid groups (broad SMARTS) is 1. The number of aryl methyl sites for hydroxylation is 3. The molecule has 10 fully saturated rings. The van der Waals surface area contributed by atoms with Crippen molar-refractivity contribution in [1.29, 1.82) is 5.26 Å². The number of aromatic nitrogens is 3. The summed E-state index contributed by atoms with van der Waals surface area (Å²) < 4.78 is 41.0. The molecule has 27 nitrogen and oxygen atoms in total. The lowest BCUT2D eigenvalue weighted by molar-refractivity contribution is -0.144. The average Bonchev–Trinajstić information content (AvgIpc) is 1.60. The summed E-state index contributed by atoms with van der Waals surface area (Å²) in [4.78, 5) is 117. The van der Waals surface area contributed by atoms with Gasteiger partial charge in [0.25, 0.3) is 0 Å². The number of thiol groups is 2. The van der Waals surface area contributed by atoms with Crippen molar-refractivity contribution >= 4 is 141 Å². The van der Waals surface area contributed by atoms with E-state index in [1.54, 1.807) is 71.0 Å². The Morgan fingerprint density at radius 3 is 1.07 bits per heavy atom. The summed E-state index contributed by atoms with van der Waals surface area (Å²) in [5, 5.41) is 28.1. The van der Waals surface area contributed by atoms with Gasteiger partial charge in [0.15, 0.2) is 28.2 Å². The lowest BCUT2D eigenvalue weighted by Gasteiger charge is -2.44. The number of aromatic carboxylic acids is 1. The summed E-state index contributed by atoms with van der Waals surface area (Å²) in [7, 11) is 0. The van der Waals surface area contributed by atoms with Gasteiger partial charge in [-0.15, -0.1) is 45.6 Å². The number of nitrogens with two attached hydrogens (primary N) is 1. The molecule has 5 N–H and O–H groups in total. The molecule has 11 atom stereocenters. The van der Waals surface area contributed by atoms with Crippen LogP contribution in [-0.2, 0) is 63.3 Å². The number of carboxylic acids is 1. The molecule has 148 heavy (non-hydrogen) atoms. The third kappa shape index (κ3) is 31.0. The molecule has 6 unspecified atom stereocenters. The number of thiazole rings is 3. The van der Waals surface area contributed by atoms with Gasteiger partial charge in [0.05, 0.1) is 74.0 Å². The summed E-state index contributed by atoms with van der Waals surface area (Å²) in [5.74, 6) is -0.346.